The number of benzene rings is 2. The number of hydrogen-bond donors (Lipinski definition) is 0. The van der Waals surface area contributed by atoms with Crippen molar-refractivity contribution < 1.29 is 27.5 Å². The van der Waals surface area contributed by atoms with Gasteiger partial charge in [0.15, 0.2) is 6.61 Å². The van der Waals surface area contributed by atoms with Gasteiger partial charge in [0.25, 0.3) is 5.91 Å². The van der Waals surface area contributed by atoms with E-state index in [1.807, 2.05) is 18.2 Å². The predicted octanol–water partition coefficient (Wildman–Crippen LogP) is 2.33. The van der Waals surface area contributed by atoms with Crippen LogP contribution in [0.4, 0.5) is 0 Å². The lowest BCUT2D eigenvalue weighted by molar-refractivity contribution is -0.134. The molecule has 0 N–H and O–H groups in total. The fourth-order valence-electron chi connectivity index (χ4n) is 3.13. The van der Waals surface area contributed by atoms with Gasteiger partial charge in [-0.3, -0.25) is 4.79 Å². The third-order valence-corrected chi connectivity index (χ3v) is 6.83. The average molecular weight is 499 g/mol. The second-order valence-electron chi connectivity index (χ2n) is 7.39. The maximum Gasteiger partial charge on any atom is 0.338 e. The van der Waals surface area contributed by atoms with Crippen LogP contribution in [0.25, 0.3) is 0 Å². The Morgan fingerprint density at radius 2 is 1.63 bits per heavy atom. The Hall–Kier alpha value is -3.93. The number of carbonyl (C=O) groups is 2. The first-order chi connectivity index (χ1) is 16.7. The molecular formula is C24H26N4O6S. The van der Waals surface area contributed by atoms with Crippen LogP contribution in [0.3, 0.4) is 0 Å². The van der Waals surface area contributed by atoms with Crippen LogP contribution in [0.1, 0.15) is 28.8 Å². The topological polar surface area (TPSA) is 141 Å². The van der Waals surface area contributed by atoms with Gasteiger partial charge in [0.2, 0.25) is 10.0 Å². The fourth-order valence-corrected chi connectivity index (χ4v) is 4.47. The van der Waals surface area contributed by atoms with Crippen molar-refractivity contribution in [1.29, 1.82) is 10.5 Å². The standard InChI is InChI=1S/C24H26N4O6S/c1-27(17-19-8-4-3-5-9-19)35(31,32)22-16-20(10-11-21(22)33-2)24(30)34-18-23(29)28(14-6-12-25)15-7-13-26/h3-5,8-11,16H,6-7,14-15,17-18H2,1-2H3. The molecule has 0 saturated heterocycles. The number of hydrogen-bond acceptors (Lipinski definition) is 8. The average Bonchev–Trinajstić information content (AvgIpc) is 2.87. The molecule has 2 aromatic carbocycles. The number of carbonyl (C=O) groups excluding carboxylic acids is 2. The maximum atomic E-state index is 13.2. The molecule has 10 nitrogen and oxygen atoms in total. The molecule has 11 heteroatoms. The Bertz CT molecular complexity index is 1200. The first-order valence-corrected chi connectivity index (χ1v) is 12.1. The largest absolute Gasteiger partial charge is 0.495 e. The molecule has 0 saturated carbocycles. The maximum absolute atomic E-state index is 13.2. The lowest BCUT2D eigenvalue weighted by Gasteiger charge is -2.20. The molecule has 0 aliphatic rings. The number of ether oxygens (including phenoxy) is 2. The molecule has 0 atom stereocenters. The van der Waals surface area contributed by atoms with E-state index in [-0.39, 0.29) is 48.7 Å². The van der Waals surface area contributed by atoms with Crippen molar-refractivity contribution >= 4 is 21.9 Å². The Labute approximate surface area is 204 Å². The summed E-state index contributed by atoms with van der Waals surface area (Å²) in [6, 6.07) is 16.7. The van der Waals surface area contributed by atoms with E-state index in [0.29, 0.717) is 0 Å². The zero-order chi connectivity index (χ0) is 25.8. The molecule has 1 amide bonds. The highest BCUT2D eigenvalue weighted by Crippen LogP contribution is 2.28. The number of sulfonamides is 1. The smallest absolute Gasteiger partial charge is 0.338 e. The fraction of sp³-hybridized carbons (Fsp3) is 0.333. The molecule has 35 heavy (non-hydrogen) atoms. The molecule has 0 unspecified atom stereocenters. The Kier molecular flexibility index (Phi) is 10.2. The van der Waals surface area contributed by atoms with Gasteiger partial charge < -0.3 is 14.4 Å². The molecule has 184 valence electrons. The molecule has 0 bridgehead atoms. The van der Waals surface area contributed by atoms with Crippen molar-refractivity contribution in [2.75, 3.05) is 33.9 Å². The van der Waals surface area contributed by atoms with Gasteiger partial charge in [0.1, 0.15) is 10.6 Å². The summed E-state index contributed by atoms with van der Waals surface area (Å²) in [5.41, 5.74) is 0.704. The van der Waals surface area contributed by atoms with Crippen molar-refractivity contribution in [2.45, 2.75) is 24.3 Å². The molecule has 0 radical (unpaired) electrons. The minimum absolute atomic E-state index is 0.0525. The van der Waals surface area contributed by atoms with E-state index in [1.165, 1.54) is 31.2 Å². The second kappa shape index (κ2) is 13.1. The van der Waals surface area contributed by atoms with Gasteiger partial charge in [-0.15, -0.1) is 0 Å². The van der Waals surface area contributed by atoms with Crippen LogP contribution < -0.4 is 4.74 Å². The van der Waals surface area contributed by atoms with Gasteiger partial charge in [-0.05, 0) is 23.8 Å². The van der Waals surface area contributed by atoms with Crippen molar-refractivity contribution in [1.82, 2.24) is 9.21 Å². The summed E-state index contributed by atoms with van der Waals surface area (Å²) >= 11 is 0. The van der Waals surface area contributed by atoms with Crippen LogP contribution in [0.5, 0.6) is 5.75 Å². The van der Waals surface area contributed by atoms with Crippen molar-refractivity contribution in [2.24, 2.45) is 0 Å². The van der Waals surface area contributed by atoms with Gasteiger partial charge in [-0.25, -0.2) is 13.2 Å². The third-order valence-electron chi connectivity index (χ3n) is 5.00. The van der Waals surface area contributed by atoms with Gasteiger partial charge >= 0.3 is 5.97 Å². The minimum Gasteiger partial charge on any atom is -0.495 e. The van der Waals surface area contributed by atoms with Gasteiger partial charge in [-0.1, -0.05) is 30.3 Å². The molecule has 0 aromatic heterocycles. The van der Waals surface area contributed by atoms with E-state index in [2.05, 4.69) is 0 Å². The van der Waals surface area contributed by atoms with Crippen molar-refractivity contribution in [3.05, 3.63) is 59.7 Å². The van der Waals surface area contributed by atoms with E-state index in [4.69, 9.17) is 20.0 Å². The lowest BCUT2D eigenvalue weighted by atomic mass is 10.2. The highest BCUT2D eigenvalue weighted by atomic mass is 32.2. The summed E-state index contributed by atoms with van der Waals surface area (Å²) in [5.74, 6) is -1.41. The quantitative estimate of drug-likeness (QED) is 0.406. The number of nitrogens with zero attached hydrogens (tertiary/aromatic N) is 4. The number of methoxy groups -OCH3 is 1. The van der Waals surface area contributed by atoms with Crippen LogP contribution in [0.2, 0.25) is 0 Å². The normalized spacial score (nSPS) is 10.8. The lowest BCUT2D eigenvalue weighted by Crippen LogP contribution is -2.36. The number of nitriles is 2. The van der Waals surface area contributed by atoms with E-state index in [1.54, 1.807) is 24.3 Å². The first-order valence-electron chi connectivity index (χ1n) is 10.6. The zero-order valence-corrected chi connectivity index (χ0v) is 20.3. The zero-order valence-electron chi connectivity index (χ0n) is 19.5. The highest BCUT2D eigenvalue weighted by molar-refractivity contribution is 7.89. The van der Waals surface area contributed by atoms with Gasteiger partial charge in [0.05, 0.1) is 37.7 Å². The summed E-state index contributed by atoms with van der Waals surface area (Å²) in [6.07, 6.45) is 0.141. The van der Waals surface area contributed by atoms with E-state index in [0.717, 1.165) is 15.9 Å². The third kappa shape index (κ3) is 7.54. The van der Waals surface area contributed by atoms with Gasteiger partial charge in [-0.2, -0.15) is 14.8 Å². The Balaban J connectivity index is 2.19. The molecule has 0 spiro atoms. The van der Waals surface area contributed by atoms with Crippen LogP contribution in [0.15, 0.2) is 53.4 Å². The minimum atomic E-state index is -4.04. The summed E-state index contributed by atoms with van der Waals surface area (Å²) in [7, 11) is -1.30. The molecular weight excluding hydrogens is 472 g/mol. The summed E-state index contributed by atoms with van der Waals surface area (Å²) < 4.78 is 37.9. The molecule has 0 heterocycles. The van der Waals surface area contributed by atoms with E-state index >= 15 is 0 Å². The summed E-state index contributed by atoms with van der Waals surface area (Å²) in [6.45, 7) is -0.297. The molecule has 2 rings (SSSR count). The van der Waals surface area contributed by atoms with Crippen LogP contribution in [-0.2, 0) is 26.1 Å². The molecule has 0 aliphatic heterocycles. The van der Waals surface area contributed by atoms with Crippen LogP contribution in [0, 0.1) is 22.7 Å². The number of esters is 1. The molecule has 0 aliphatic carbocycles. The van der Waals surface area contributed by atoms with Crippen molar-refractivity contribution in [3.8, 4) is 17.9 Å². The van der Waals surface area contributed by atoms with Crippen LogP contribution in [-0.4, -0.2) is 63.4 Å². The summed E-state index contributed by atoms with van der Waals surface area (Å²) in [4.78, 5) is 26.0. The second-order valence-corrected chi connectivity index (χ2v) is 9.40. The van der Waals surface area contributed by atoms with E-state index in [9.17, 15) is 18.0 Å². The molecule has 2 aromatic rings. The summed E-state index contributed by atoms with van der Waals surface area (Å²) in [5, 5.41) is 17.5. The Morgan fingerprint density at radius 1 is 1.00 bits per heavy atom. The highest BCUT2D eigenvalue weighted by Gasteiger charge is 2.27. The predicted molar refractivity (Wildman–Crippen MR) is 125 cm³/mol. The molecule has 0 fully saturated rings. The van der Waals surface area contributed by atoms with E-state index < -0.39 is 28.5 Å². The first kappa shape index (κ1) is 27.3. The van der Waals surface area contributed by atoms with Crippen molar-refractivity contribution in [3.63, 3.8) is 0 Å². The SMILES string of the molecule is COc1ccc(C(=O)OCC(=O)N(CCC#N)CCC#N)cc1S(=O)(=O)N(C)Cc1ccccc1. The Morgan fingerprint density at radius 3 is 2.20 bits per heavy atom. The monoisotopic (exact) mass is 498 g/mol. The van der Waals surface area contributed by atoms with Crippen LogP contribution >= 0.6 is 0 Å². The number of amides is 1. The van der Waals surface area contributed by atoms with Gasteiger partial charge in [0, 0.05) is 26.7 Å². The number of rotatable bonds is 12.